The molecule has 4 rings (SSSR count). The zero-order chi connectivity index (χ0) is 20.2. The number of nitrogens with zero attached hydrogens (tertiary/aromatic N) is 2. The lowest BCUT2D eigenvalue weighted by Crippen LogP contribution is -2.37. The van der Waals surface area contributed by atoms with Gasteiger partial charge in [0.05, 0.1) is 11.0 Å². The number of nitrogens with one attached hydrogen (secondary N) is 2. The Kier molecular flexibility index (Phi) is 5.57. The van der Waals surface area contributed by atoms with Crippen molar-refractivity contribution >= 4 is 16.9 Å². The summed E-state index contributed by atoms with van der Waals surface area (Å²) in [5, 5.41) is 2.95. The first-order valence-corrected chi connectivity index (χ1v) is 9.98. The molecule has 1 aliphatic heterocycles. The van der Waals surface area contributed by atoms with Crippen LogP contribution in [-0.2, 0) is 0 Å². The third kappa shape index (κ3) is 4.14. The normalized spacial score (nSPS) is 14.8. The van der Waals surface area contributed by atoms with E-state index in [9.17, 15) is 14.4 Å². The van der Waals surface area contributed by atoms with Gasteiger partial charge in [0.15, 0.2) is 0 Å². The second kappa shape index (κ2) is 8.45. The van der Waals surface area contributed by atoms with Crippen LogP contribution < -0.4 is 16.4 Å². The predicted octanol–water partition coefficient (Wildman–Crippen LogP) is 1.89. The maximum atomic E-state index is 12.4. The summed E-state index contributed by atoms with van der Waals surface area (Å²) in [6, 6.07) is 13.8. The summed E-state index contributed by atoms with van der Waals surface area (Å²) in [5.74, 6) is -0.142. The predicted molar refractivity (Wildman–Crippen MR) is 113 cm³/mol. The molecule has 1 amide bonds. The number of aromatic nitrogens is 2. The van der Waals surface area contributed by atoms with Crippen molar-refractivity contribution in [3.63, 3.8) is 0 Å². The van der Waals surface area contributed by atoms with Crippen LogP contribution in [0, 0.1) is 0 Å². The largest absolute Gasteiger partial charge is 0.351 e. The van der Waals surface area contributed by atoms with E-state index < -0.39 is 11.1 Å². The average Bonchev–Trinajstić information content (AvgIpc) is 2.75. The Bertz CT molecular complexity index is 1130. The van der Waals surface area contributed by atoms with Crippen molar-refractivity contribution in [2.24, 2.45) is 0 Å². The smallest absolute Gasteiger partial charge is 0.321 e. The maximum Gasteiger partial charge on any atom is 0.321 e. The Labute approximate surface area is 168 Å². The van der Waals surface area contributed by atoms with E-state index in [1.54, 1.807) is 48.5 Å². The highest BCUT2D eigenvalue weighted by Crippen LogP contribution is 2.14. The van der Waals surface area contributed by atoms with Crippen LogP contribution in [0.5, 0.6) is 0 Å². The summed E-state index contributed by atoms with van der Waals surface area (Å²) in [4.78, 5) is 41.8. The van der Waals surface area contributed by atoms with E-state index in [1.807, 2.05) is 0 Å². The van der Waals surface area contributed by atoms with Crippen LogP contribution in [0.25, 0.3) is 16.7 Å². The van der Waals surface area contributed by atoms with Gasteiger partial charge in [-0.05, 0) is 62.3 Å². The minimum atomic E-state index is -0.678. The number of hydrogen-bond acceptors (Lipinski definition) is 4. The van der Waals surface area contributed by atoms with Crippen LogP contribution in [0.2, 0.25) is 0 Å². The quantitative estimate of drug-likeness (QED) is 0.649. The Balaban J connectivity index is 1.50. The van der Waals surface area contributed by atoms with Gasteiger partial charge in [-0.15, -0.1) is 0 Å². The number of amides is 1. The van der Waals surface area contributed by atoms with Crippen LogP contribution in [0.1, 0.15) is 29.6 Å². The van der Waals surface area contributed by atoms with E-state index in [2.05, 4.69) is 15.2 Å². The van der Waals surface area contributed by atoms with Gasteiger partial charge in [-0.2, -0.15) is 0 Å². The molecule has 0 radical (unpaired) electrons. The molecule has 2 N–H and O–H groups in total. The van der Waals surface area contributed by atoms with Crippen molar-refractivity contribution in [2.75, 3.05) is 26.2 Å². The summed E-state index contributed by atoms with van der Waals surface area (Å²) >= 11 is 0. The number of H-pyrrole nitrogens is 1. The Morgan fingerprint density at radius 3 is 2.45 bits per heavy atom. The summed E-state index contributed by atoms with van der Waals surface area (Å²) in [7, 11) is 0. The van der Waals surface area contributed by atoms with Gasteiger partial charge in [0.25, 0.3) is 5.91 Å². The van der Waals surface area contributed by atoms with Gasteiger partial charge in [-0.3, -0.25) is 19.0 Å². The molecular formula is C22H24N4O3. The number of aromatic amines is 1. The monoisotopic (exact) mass is 392 g/mol. The average molecular weight is 392 g/mol. The fraction of sp³-hybridized carbons (Fsp3) is 0.318. The summed E-state index contributed by atoms with van der Waals surface area (Å²) in [5.41, 5.74) is 0.926. The zero-order valence-corrected chi connectivity index (χ0v) is 16.2. The lowest BCUT2D eigenvalue weighted by Gasteiger charge is -2.26. The van der Waals surface area contributed by atoms with Crippen molar-refractivity contribution in [1.29, 1.82) is 0 Å². The van der Waals surface area contributed by atoms with Gasteiger partial charge in [-0.25, -0.2) is 0 Å². The molecule has 0 atom stereocenters. The zero-order valence-electron chi connectivity index (χ0n) is 16.2. The number of likely N-dealkylation sites (tertiary alicyclic amines) is 1. The summed E-state index contributed by atoms with van der Waals surface area (Å²) in [6.45, 7) is 3.67. The molecule has 0 unspecified atom stereocenters. The van der Waals surface area contributed by atoms with Crippen molar-refractivity contribution in [1.82, 2.24) is 19.8 Å². The minimum absolute atomic E-state index is 0.142. The first kappa shape index (κ1) is 19.1. The van der Waals surface area contributed by atoms with Gasteiger partial charge in [-0.1, -0.05) is 18.6 Å². The van der Waals surface area contributed by atoms with E-state index in [4.69, 9.17) is 0 Å². The topological polar surface area (TPSA) is 87.2 Å². The molecule has 0 aliphatic carbocycles. The molecule has 2 aromatic carbocycles. The highest BCUT2D eigenvalue weighted by Gasteiger charge is 2.12. The Hall–Kier alpha value is -3.19. The van der Waals surface area contributed by atoms with Crippen LogP contribution in [-0.4, -0.2) is 46.5 Å². The van der Waals surface area contributed by atoms with Crippen LogP contribution in [0.4, 0.5) is 0 Å². The molecule has 1 saturated heterocycles. The van der Waals surface area contributed by atoms with E-state index in [-0.39, 0.29) is 5.91 Å². The van der Waals surface area contributed by atoms with Crippen molar-refractivity contribution < 1.29 is 4.79 Å². The fourth-order valence-corrected chi connectivity index (χ4v) is 3.79. The van der Waals surface area contributed by atoms with Gasteiger partial charge in [0.1, 0.15) is 0 Å². The van der Waals surface area contributed by atoms with Crippen molar-refractivity contribution in [2.45, 2.75) is 19.3 Å². The molecule has 7 nitrogen and oxygen atoms in total. The Morgan fingerprint density at radius 2 is 1.69 bits per heavy atom. The molecule has 0 bridgehead atoms. The molecule has 0 spiro atoms. The van der Waals surface area contributed by atoms with Crippen LogP contribution in [0.3, 0.4) is 0 Å². The standard InChI is InChI=1S/C22H24N4O3/c27-20(23-12-15-25-13-4-1-5-14-25)16-8-10-17(11-9-16)26-19-7-3-2-6-18(19)24-21(28)22(26)29/h2-3,6-11H,1,4-5,12-15H2,(H,23,27)(H,24,28). The number of carbonyl (C=O) groups is 1. The van der Waals surface area contributed by atoms with Gasteiger partial charge < -0.3 is 15.2 Å². The van der Waals surface area contributed by atoms with Gasteiger partial charge in [0.2, 0.25) is 0 Å². The number of carbonyl (C=O) groups excluding carboxylic acids is 1. The molecule has 0 saturated carbocycles. The van der Waals surface area contributed by atoms with Crippen LogP contribution in [0.15, 0.2) is 58.1 Å². The highest BCUT2D eigenvalue weighted by molar-refractivity contribution is 5.94. The highest BCUT2D eigenvalue weighted by atomic mass is 16.2. The van der Waals surface area contributed by atoms with E-state index in [1.165, 1.54) is 23.8 Å². The Morgan fingerprint density at radius 1 is 0.966 bits per heavy atom. The second-order valence-electron chi connectivity index (χ2n) is 7.32. The third-order valence-corrected chi connectivity index (χ3v) is 5.34. The molecular weight excluding hydrogens is 368 g/mol. The van der Waals surface area contributed by atoms with E-state index in [0.717, 1.165) is 19.6 Å². The van der Waals surface area contributed by atoms with E-state index >= 15 is 0 Å². The second-order valence-corrected chi connectivity index (χ2v) is 7.32. The molecule has 1 aromatic heterocycles. The molecule has 2 heterocycles. The molecule has 1 aliphatic rings. The molecule has 1 fully saturated rings. The SMILES string of the molecule is O=C(NCCN1CCCCC1)c1ccc(-n2c(=O)c(=O)[nH]c3ccccc32)cc1. The van der Waals surface area contributed by atoms with Crippen LogP contribution >= 0.6 is 0 Å². The molecule has 150 valence electrons. The maximum absolute atomic E-state index is 12.4. The number of fused-ring (bicyclic) bond motifs is 1. The van der Waals surface area contributed by atoms with Crippen molar-refractivity contribution in [3.8, 4) is 5.69 Å². The summed E-state index contributed by atoms with van der Waals surface area (Å²) < 4.78 is 1.37. The minimum Gasteiger partial charge on any atom is -0.351 e. The van der Waals surface area contributed by atoms with Gasteiger partial charge in [0, 0.05) is 24.3 Å². The number of para-hydroxylation sites is 2. The third-order valence-electron chi connectivity index (χ3n) is 5.34. The number of benzene rings is 2. The molecule has 7 heteroatoms. The number of hydrogen-bond donors (Lipinski definition) is 2. The lowest BCUT2D eigenvalue weighted by atomic mass is 10.1. The first-order chi connectivity index (χ1) is 14.1. The number of rotatable bonds is 5. The molecule has 29 heavy (non-hydrogen) atoms. The van der Waals surface area contributed by atoms with Crippen molar-refractivity contribution in [3.05, 3.63) is 74.8 Å². The van der Waals surface area contributed by atoms with E-state index in [0.29, 0.717) is 28.8 Å². The summed E-state index contributed by atoms with van der Waals surface area (Å²) in [6.07, 6.45) is 3.75. The first-order valence-electron chi connectivity index (χ1n) is 9.98. The lowest BCUT2D eigenvalue weighted by molar-refractivity contribution is 0.0946. The van der Waals surface area contributed by atoms with Gasteiger partial charge >= 0.3 is 11.1 Å². The number of piperidine rings is 1. The molecule has 3 aromatic rings. The fourth-order valence-electron chi connectivity index (χ4n) is 3.79.